The molecule has 0 spiro atoms. The quantitative estimate of drug-likeness (QED) is 0.819. The van der Waals surface area contributed by atoms with E-state index < -0.39 is 6.09 Å². The molecule has 0 bridgehead atoms. The summed E-state index contributed by atoms with van der Waals surface area (Å²) in [6.07, 6.45) is -0.578. The minimum absolute atomic E-state index is 0.101. The number of methoxy groups -OCH3 is 1. The van der Waals surface area contributed by atoms with Crippen LogP contribution in [0.1, 0.15) is 21.5 Å². The predicted molar refractivity (Wildman–Crippen MR) is 102 cm³/mol. The van der Waals surface area contributed by atoms with Crippen LogP contribution in [0.5, 0.6) is 0 Å². The van der Waals surface area contributed by atoms with Gasteiger partial charge in [-0.2, -0.15) is 0 Å². The first-order chi connectivity index (χ1) is 12.9. The maximum absolute atomic E-state index is 12.3. The fourth-order valence-electron chi connectivity index (χ4n) is 2.36. The molecule has 0 aliphatic heterocycles. The summed E-state index contributed by atoms with van der Waals surface area (Å²) in [5.74, 6) is -0.507. The number of rotatable bonds is 6. The highest BCUT2D eigenvalue weighted by Crippen LogP contribution is 2.13. The number of nitrogens with zero attached hydrogens (tertiary/aromatic N) is 1. The van der Waals surface area contributed by atoms with E-state index in [9.17, 15) is 14.4 Å². The van der Waals surface area contributed by atoms with Crippen molar-refractivity contribution in [2.45, 2.75) is 13.5 Å². The van der Waals surface area contributed by atoms with E-state index >= 15 is 0 Å². The van der Waals surface area contributed by atoms with E-state index in [1.54, 1.807) is 30.3 Å². The Hall–Kier alpha value is -3.35. The number of hydrogen-bond acceptors (Lipinski definition) is 4. The number of nitrogens with one attached hydrogen (secondary N) is 2. The van der Waals surface area contributed by atoms with E-state index in [0.29, 0.717) is 11.3 Å². The zero-order valence-electron chi connectivity index (χ0n) is 15.6. The van der Waals surface area contributed by atoms with Crippen LogP contribution in [0.15, 0.2) is 48.5 Å². The summed E-state index contributed by atoms with van der Waals surface area (Å²) in [6, 6.07) is 14.5. The molecular formula is C20H23N3O4. The minimum atomic E-state index is -0.578. The largest absolute Gasteiger partial charge is 0.453 e. The number of aryl methyl sites for hydroxylation is 1. The highest BCUT2D eigenvalue weighted by Gasteiger charge is 2.12. The van der Waals surface area contributed by atoms with E-state index in [2.05, 4.69) is 15.4 Å². The van der Waals surface area contributed by atoms with E-state index in [-0.39, 0.29) is 24.9 Å². The van der Waals surface area contributed by atoms with Crippen LogP contribution in [0.3, 0.4) is 0 Å². The molecule has 2 N–H and O–H groups in total. The van der Waals surface area contributed by atoms with Gasteiger partial charge in [0.15, 0.2) is 0 Å². The number of hydrogen-bond donors (Lipinski definition) is 2. The summed E-state index contributed by atoms with van der Waals surface area (Å²) in [5.41, 5.74) is 3.12. The summed E-state index contributed by atoms with van der Waals surface area (Å²) >= 11 is 0. The van der Waals surface area contributed by atoms with E-state index in [0.717, 1.165) is 11.1 Å². The first-order valence-corrected chi connectivity index (χ1v) is 8.42. The highest BCUT2D eigenvalue weighted by atomic mass is 16.5. The average Bonchev–Trinajstić information content (AvgIpc) is 2.66. The van der Waals surface area contributed by atoms with Gasteiger partial charge >= 0.3 is 6.09 Å². The van der Waals surface area contributed by atoms with Crippen molar-refractivity contribution in [2.75, 3.05) is 26.0 Å². The maximum atomic E-state index is 12.3. The number of benzene rings is 2. The molecule has 0 atom stereocenters. The van der Waals surface area contributed by atoms with Crippen LogP contribution in [0.2, 0.25) is 0 Å². The van der Waals surface area contributed by atoms with Gasteiger partial charge in [0.1, 0.15) is 6.54 Å². The molecule has 0 radical (unpaired) electrons. The van der Waals surface area contributed by atoms with Crippen LogP contribution in [0.25, 0.3) is 0 Å². The first-order valence-electron chi connectivity index (χ1n) is 8.42. The van der Waals surface area contributed by atoms with Gasteiger partial charge in [0.05, 0.1) is 7.11 Å². The van der Waals surface area contributed by atoms with Gasteiger partial charge in [0.25, 0.3) is 5.91 Å². The third-order valence-corrected chi connectivity index (χ3v) is 3.86. The topological polar surface area (TPSA) is 87.7 Å². The molecule has 0 saturated carbocycles. The molecule has 7 nitrogen and oxygen atoms in total. The lowest BCUT2D eigenvalue weighted by Gasteiger charge is -2.15. The molecule has 27 heavy (non-hydrogen) atoms. The van der Waals surface area contributed by atoms with Crippen LogP contribution in [-0.2, 0) is 16.1 Å². The number of amides is 3. The summed E-state index contributed by atoms with van der Waals surface area (Å²) < 4.78 is 4.54. The second kappa shape index (κ2) is 9.38. The van der Waals surface area contributed by atoms with Crippen LogP contribution in [0.4, 0.5) is 10.5 Å². The predicted octanol–water partition coefficient (Wildman–Crippen LogP) is 2.56. The number of likely N-dealkylation sites (N-methyl/N-ethyl adjacent to an activating group) is 1. The summed E-state index contributed by atoms with van der Waals surface area (Å²) in [7, 11) is 2.74. The van der Waals surface area contributed by atoms with Crippen LogP contribution < -0.4 is 10.6 Å². The van der Waals surface area contributed by atoms with Gasteiger partial charge in [-0.25, -0.2) is 4.79 Å². The lowest BCUT2D eigenvalue weighted by molar-refractivity contribution is -0.121. The molecule has 0 aliphatic rings. The molecule has 2 aromatic rings. The van der Waals surface area contributed by atoms with E-state index in [4.69, 9.17) is 0 Å². The van der Waals surface area contributed by atoms with Gasteiger partial charge < -0.3 is 20.3 Å². The SMILES string of the molecule is COC(=O)N(C)CC(=O)NCc1cccc(NC(=O)c2ccc(C)cc2)c1. The molecule has 0 saturated heterocycles. The summed E-state index contributed by atoms with van der Waals surface area (Å²) in [5, 5.41) is 5.57. The molecule has 3 amide bonds. The minimum Gasteiger partial charge on any atom is -0.453 e. The molecule has 142 valence electrons. The Labute approximate surface area is 158 Å². The third-order valence-electron chi connectivity index (χ3n) is 3.86. The molecule has 2 aromatic carbocycles. The lowest BCUT2D eigenvalue weighted by atomic mass is 10.1. The Morgan fingerprint density at radius 3 is 2.44 bits per heavy atom. The van der Waals surface area contributed by atoms with Gasteiger partial charge in [0.2, 0.25) is 5.91 Å². The summed E-state index contributed by atoms with van der Waals surface area (Å²) in [4.78, 5) is 36.6. The fraction of sp³-hybridized carbons (Fsp3) is 0.250. The van der Waals surface area contributed by atoms with Crippen molar-refractivity contribution < 1.29 is 19.1 Å². The molecule has 0 heterocycles. The molecule has 0 unspecified atom stereocenters. The van der Waals surface area contributed by atoms with Crippen LogP contribution >= 0.6 is 0 Å². The van der Waals surface area contributed by atoms with E-state index in [1.807, 2.05) is 25.1 Å². The Kier molecular flexibility index (Phi) is 6.93. The molecule has 2 rings (SSSR count). The maximum Gasteiger partial charge on any atom is 0.409 e. The second-order valence-corrected chi connectivity index (χ2v) is 6.12. The summed E-state index contributed by atoms with van der Waals surface area (Å²) in [6.45, 7) is 2.14. The Morgan fingerprint density at radius 2 is 1.78 bits per heavy atom. The lowest BCUT2D eigenvalue weighted by Crippen LogP contribution is -2.38. The van der Waals surface area contributed by atoms with Gasteiger partial charge in [-0.05, 0) is 36.8 Å². The number of ether oxygens (including phenoxy) is 1. The molecule has 7 heteroatoms. The molecular weight excluding hydrogens is 346 g/mol. The Bertz CT molecular complexity index is 818. The Balaban J connectivity index is 1.91. The molecule has 0 aliphatic carbocycles. The van der Waals surface area contributed by atoms with Crippen molar-refractivity contribution >= 4 is 23.6 Å². The second-order valence-electron chi connectivity index (χ2n) is 6.12. The standard InChI is InChI=1S/C20H23N3O4/c1-14-7-9-16(10-8-14)19(25)22-17-6-4-5-15(11-17)12-21-18(24)13-23(2)20(26)27-3/h4-11H,12-13H2,1-3H3,(H,21,24)(H,22,25). The molecule has 0 aromatic heterocycles. The van der Waals surface area contributed by atoms with Crippen LogP contribution in [0, 0.1) is 6.92 Å². The molecule has 0 fully saturated rings. The Morgan fingerprint density at radius 1 is 1.07 bits per heavy atom. The van der Waals surface area contributed by atoms with Crippen molar-refractivity contribution in [1.82, 2.24) is 10.2 Å². The first kappa shape index (κ1) is 20.0. The van der Waals surface area contributed by atoms with E-state index in [1.165, 1.54) is 19.1 Å². The van der Waals surface area contributed by atoms with Crippen molar-refractivity contribution in [2.24, 2.45) is 0 Å². The zero-order valence-corrected chi connectivity index (χ0v) is 15.6. The zero-order chi connectivity index (χ0) is 19.8. The van der Waals surface area contributed by atoms with Crippen molar-refractivity contribution in [3.8, 4) is 0 Å². The van der Waals surface area contributed by atoms with Gasteiger partial charge in [0, 0.05) is 24.8 Å². The van der Waals surface area contributed by atoms with Crippen molar-refractivity contribution in [1.29, 1.82) is 0 Å². The number of carbonyl (C=O) groups excluding carboxylic acids is 3. The highest BCUT2D eigenvalue weighted by molar-refractivity contribution is 6.04. The van der Waals surface area contributed by atoms with Gasteiger partial charge in [-0.1, -0.05) is 29.8 Å². The van der Waals surface area contributed by atoms with Crippen LogP contribution in [-0.4, -0.2) is 43.5 Å². The monoisotopic (exact) mass is 369 g/mol. The van der Waals surface area contributed by atoms with Crippen molar-refractivity contribution in [3.63, 3.8) is 0 Å². The third kappa shape index (κ3) is 6.14. The van der Waals surface area contributed by atoms with Gasteiger partial charge in [-0.3, -0.25) is 9.59 Å². The fourth-order valence-corrected chi connectivity index (χ4v) is 2.36. The number of anilines is 1. The number of carbonyl (C=O) groups is 3. The van der Waals surface area contributed by atoms with Crippen molar-refractivity contribution in [3.05, 3.63) is 65.2 Å². The van der Waals surface area contributed by atoms with Gasteiger partial charge in [-0.15, -0.1) is 0 Å². The average molecular weight is 369 g/mol. The smallest absolute Gasteiger partial charge is 0.409 e. The normalized spacial score (nSPS) is 10.0.